The monoisotopic (exact) mass is 258 g/mol. The van der Waals surface area contributed by atoms with Crippen molar-refractivity contribution in [1.82, 2.24) is 10.3 Å². The average Bonchev–Trinajstić information content (AvgIpc) is 3.04. The number of thiazole rings is 1. The summed E-state index contributed by atoms with van der Waals surface area (Å²) in [6, 6.07) is 12.3. The second kappa shape index (κ2) is 4.92. The van der Waals surface area contributed by atoms with E-state index in [1.807, 2.05) is 24.3 Å². The van der Waals surface area contributed by atoms with Crippen LogP contribution in [0.5, 0.6) is 0 Å². The van der Waals surface area contributed by atoms with Crippen LogP contribution < -0.4 is 5.32 Å². The number of furan rings is 1. The first kappa shape index (κ1) is 11.4. The summed E-state index contributed by atoms with van der Waals surface area (Å²) in [5.41, 5.74) is 1.07. The lowest BCUT2D eigenvalue weighted by Crippen LogP contribution is -2.17. The third-order valence-corrected chi connectivity index (χ3v) is 4.06. The van der Waals surface area contributed by atoms with Crippen molar-refractivity contribution in [2.75, 3.05) is 0 Å². The number of benzene rings is 1. The smallest absolute Gasteiger partial charge is 0.117 e. The highest BCUT2D eigenvalue weighted by atomic mass is 32.1. The van der Waals surface area contributed by atoms with Gasteiger partial charge in [-0.15, -0.1) is 11.3 Å². The Balaban J connectivity index is 1.73. The number of nitrogens with one attached hydrogen (secondary N) is 1. The van der Waals surface area contributed by atoms with E-state index >= 15 is 0 Å². The minimum absolute atomic E-state index is 0.229. The Morgan fingerprint density at radius 2 is 2.17 bits per heavy atom. The molecule has 1 atom stereocenters. The number of rotatable bonds is 4. The molecule has 0 aliphatic carbocycles. The van der Waals surface area contributed by atoms with E-state index < -0.39 is 0 Å². The van der Waals surface area contributed by atoms with Gasteiger partial charge in [0.05, 0.1) is 29.1 Å². The van der Waals surface area contributed by atoms with Crippen LogP contribution in [0.25, 0.3) is 10.2 Å². The molecule has 1 N–H and O–H groups in total. The van der Waals surface area contributed by atoms with Gasteiger partial charge in [0.2, 0.25) is 0 Å². The molecule has 0 spiro atoms. The Morgan fingerprint density at radius 3 is 2.94 bits per heavy atom. The molecule has 2 aromatic heterocycles. The van der Waals surface area contributed by atoms with Gasteiger partial charge < -0.3 is 9.73 Å². The van der Waals surface area contributed by atoms with Gasteiger partial charge in [0, 0.05) is 0 Å². The van der Waals surface area contributed by atoms with E-state index in [1.165, 1.54) is 4.70 Å². The van der Waals surface area contributed by atoms with Crippen molar-refractivity contribution in [3.05, 3.63) is 53.4 Å². The van der Waals surface area contributed by atoms with Crippen LogP contribution in [0.3, 0.4) is 0 Å². The minimum Gasteiger partial charge on any atom is -0.468 e. The molecule has 3 nitrogen and oxygen atoms in total. The molecule has 0 aliphatic heterocycles. The first-order valence-corrected chi connectivity index (χ1v) is 6.76. The van der Waals surface area contributed by atoms with Crippen molar-refractivity contribution >= 4 is 21.6 Å². The van der Waals surface area contributed by atoms with Gasteiger partial charge >= 0.3 is 0 Å². The number of nitrogens with zero attached hydrogens (tertiary/aromatic N) is 1. The van der Waals surface area contributed by atoms with Crippen LogP contribution in [0.2, 0.25) is 0 Å². The van der Waals surface area contributed by atoms with Gasteiger partial charge in [-0.1, -0.05) is 12.1 Å². The lowest BCUT2D eigenvalue weighted by molar-refractivity contribution is 0.460. The third kappa shape index (κ3) is 2.30. The summed E-state index contributed by atoms with van der Waals surface area (Å²) < 4.78 is 6.53. The van der Waals surface area contributed by atoms with Gasteiger partial charge in [-0.05, 0) is 31.2 Å². The summed E-state index contributed by atoms with van der Waals surface area (Å²) in [4.78, 5) is 4.64. The summed E-state index contributed by atoms with van der Waals surface area (Å²) in [5.74, 6) is 0.947. The average molecular weight is 258 g/mol. The molecule has 3 aromatic rings. The van der Waals surface area contributed by atoms with Crippen LogP contribution in [0.4, 0.5) is 0 Å². The fourth-order valence-electron chi connectivity index (χ4n) is 1.83. The highest BCUT2D eigenvalue weighted by molar-refractivity contribution is 7.18. The highest BCUT2D eigenvalue weighted by Gasteiger charge is 2.11. The molecule has 0 radical (unpaired) electrons. The van der Waals surface area contributed by atoms with Crippen LogP contribution in [0, 0.1) is 0 Å². The van der Waals surface area contributed by atoms with Crippen LogP contribution in [0.1, 0.15) is 23.7 Å². The Morgan fingerprint density at radius 1 is 1.28 bits per heavy atom. The van der Waals surface area contributed by atoms with Gasteiger partial charge in [-0.2, -0.15) is 0 Å². The van der Waals surface area contributed by atoms with Crippen molar-refractivity contribution in [2.24, 2.45) is 0 Å². The van der Waals surface area contributed by atoms with Crippen LogP contribution in [-0.2, 0) is 6.54 Å². The molecule has 18 heavy (non-hydrogen) atoms. The van der Waals surface area contributed by atoms with E-state index in [2.05, 4.69) is 29.4 Å². The molecule has 3 rings (SSSR count). The van der Waals surface area contributed by atoms with Gasteiger partial charge in [-0.25, -0.2) is 4.98 Å². The van der Waals surface area contributed by atoms with Crippen molar-refractivity contribution in [1.29, 1.82) is 0 Å². The molecule has 0 fully saturated rings. The third-order valence-electron chi connectivity index (χ3n) is 2.84. The molecular weight excluding hydrogens is 244 g/mol. The van der Waals surface area contributed by atoms with E-state index in [4.69, 9.17) is 4.42 Å². The van der Waals surface area contributed by atoms with Gasteiger partial charge in [-0.3, -0.25) is 0 Å². The largest absolute Gasteiger partial charge is 0.468 e. The Labute approximate surface area is 109 Å². The fourth-order valence-corrected chi connectivity index (χ4v) is 2.82. The lowest BCUT2D eigenvalue weighted by Gasteiger charge is -2.08. The number of para-hydroxylation sites is 1. The maximum absolute atomic E-state index is 5.30. The molecule has 1 unspecified atom stereocenters. The van der Waals surface area contributed by atoms with Crippen LogP contribution >= 0.6 is 11.3 Å². The van der Waals surface area contributed by atoms with E-state index in [9.17, 15) is 0 Å². The van der Waals surface area contributed by atoms with Crippen molar-refractivity contribution in [2.45, 2.75) is 19.5 Å². The molecule has 1 aromatic carbocycles. The molecular formula is C14H14N2OS. The Bertz CT molecular complexity index is 597. The zero-order chi connectivity index (χ0) is 12.4. The summed E-state index contributed by atoms with van der Waals surface area (Å²) >= 11 is 1.74. The predicted molar refractivity (Wildman–Crippen MR) is 73.6 cm³/mol. The summed E-state index contributed by atoms with van der Waals surface area (Å²) in [7, 11) is 0. The van der Waals surface area contributed by atoms with E-state index in [1.54, 1.807) is 17.6 Å². The first-order valence-electron chi connectivity index (χ1n) is 5.94. The molecule has 4 heteroatoms. The maximum atomic E-state index is 5.30. The fraction of sp³-hybridized carbons (Fsp3) is 0.214. The normalized spacial score (nSPS) is 12.9. The topological polar surface area (TPSA) is 38.1 Å². The first-order chi connectivity index (χ1) is 8.83. The summed E-state index contributed by atoms with van der Waals surface area (Å²) in [5, 5.41) is 4.53. The Kier molecular flexibility index (Phi) is 3.13. The second-order valence-corrected chi connectivity index (χ2v) is 5.26. The van der Waals surface area contributed by atoms with Gasteiger partial charge in [0.1, 0.15) is 10.8 Å². The van der Waals surface area contributed by atoms with Crippen molar-refractivity contribution in [3.63, 3.8) is 0 Å². The van der Waals surface area contributed by atoms with E-state index in [0.717, 1.165) is 22.8 Å². The summed E-state index contributed by atoms with van der Waals surface area (Å²) in [6.07, 6.45) is 1.69. The van der Waals surface area contributed by atoms with Crippen molar-refractivity contribution < 1.29 is 4.42 Å². The molecule has 0 aliphatic rings. The highest BCUT2D eigenvalue weighted by Crippen LogP contribution is 2.26. The number of fused-ring (bicyclic) bond motifs is 1. The standard InChI is InChI=1S/C14H14N2OS/c1-10(15-9-11-5-4-8-17-11)14-16-12-6-2-3-7-13(12)18-14/h2-8,10,15H,9H2,1H3. The number of hydrogen-bond acceptors (Lipinski definition) is 4. The molecule has 0 amide bonds. The number of hydrogen-bond donors (Lipinski definition) is 1. The molecule has 92 valence electrons. The minimum atomic E-state index is 0.229. The zero-order valence-electron chi connectivity index (χ0n) is 10.1. The lowest BCUT2D eigenvalue weighted by atomic mass is 10.3. The van der Waals surface area contributed by atoms with Crippen LogP contribution in [-0.4, -0.2) is 4.98 Å². The summed E-state index contributed by atoms with van der Waals surface area (Å²) in [6.45, 7) is 2.85. The van der Waals surface area contributed by atoms with E-state index in [-0.39, 0.29) is 6.04 Å². The molecule has 0 bridgehead atoms. The molecule has 0 saturated carbocycles. The van der Waals surface area contributed by atoms with Crippen LogP contribution in [0.15, 0.2) is 47.1 Å². The SMILES string of the molecule is CC(NCc1ccco1)c1nc2ccccc2s1. The molecule has 2 heterocycles. The van der Waals surface area contributed by atoms with Gasteiger partial charge in [0.25, 0.3) is 0 Å². The Hall–Kier alpha value is -1.65. The number of aromatic nitrogens is 1. The second-order valence-electron chi connectivity index (χ2n) is 4.20. The molecule has 0 saturated heterocycles. The maximum Gasteiger partial charge on any atom is 0.117 e. The van der Waals surface area contributed by atoms with Crippen molar-refractivity contribution in [3.8, 4) is 0 Å². The predicted octanol–water partition coefficient (Wildman–Crippen LogP) is 3.74. The van der Waals surface area contributed by atoms with Gasteiger partial charge in [0.15, 0.2) is 0 Å². The zero-order valence-corrected chi connectivity index (χ0v) is 10.9. The van der Waals surface area contributed by atoms with E-state index in [0.29, 0.717) is 0 Å². The quantitative estimate of drug-likeness (QED) is 0.774.